The Bertz CT molecular complexity index is 689. The van der Waals surface area contributed by atoms with E-state index >= 15 is 0 Å². The van der Waals surface area contributed by atoms with Gasteiger partial charge < -0.3 is 11.1 Å². The molecule has 2 aromatic carbocycles. The van der Waals surface area contributed by atoms with E-state index in [1.165, 1.54) is 31.2 Å². The summed E-state index contributed by atoms with van der Waals surface area (Å²) in [6.45, 7) is 1.47. The van der Waals surface area contributed by atoms with Crippen molar-refractivity contribution in [3.63, 3.8) is 0 Å². The van der Waals surface area contributed by atoms with E-state index in [0.29, 0.717) is 0 Å². The highest BCUT2D eigenvalue weighted by atomic mass is 35.5. The fourth-order valence-electron chi connectivity index (χ4n) is 1.69. The van der Waals surface area contributed by atoms with Gasteiger partial charge in [0.15, 0.2) is 5.82 Å². The summed E-state index contributed by atoms with van der Waals surface area (Å²) < 4.78 is 27.4. The fraction of sp³-hybridized carbons (Fsp3) is 0.0714. The number of carbonyl (C=O) groups is 1. The van der Waals surface area contributed by atoms with E-state index < -0.39 is 23.2 Å². The van der Waals surface area contributed by atoms with Gasteiger partial charge in [-0.2, -0.15) is 0 Å². The second kappa shape index (κ2) is 5.46. The van der Waals surface area contributed by atoms with Crippen LogP contribution in [0.25, 0.3) is 0 Å². The van der Waals surface area contributed by atoms with Gasteiger partial charge >= 0.3 is 0 Å². The second-order valence-electron chi connectivity index (χ2n) is 4.21. The molecule has 0 aliphatic carbocycles. The number of anilines is 2. The lowest BCUT2D eigenvalue weighted by Crippen LogP contribution is -2.16. The van der Waals surface area contributed by atoms with Crippen molar-refractivity contribution in [1.82, 2.24) is 0 Å². The number of para-hydroxylation sites is 1. The molecule has 2 rings (SSSR count). The van der Waals surface area contributed by atoms with Gasteiger partial charge in [-0.1, -0.05) is 23.7 Å². The van der Waals surface area contributed by atoms with E-state index in [4.69, 9.17) is 17.3 Å². The highest BCUT2D eigenvalue weighted by molar-refractivity contribution is 6.34. The first-order valence-electron chi connectivity index (χ1n) is 5.71. The van der Waals surface area contributed by atoms with Crippen molar-refractivity contribution in [1.29, 1.82) is 0 Å². The van der Waals surface area contributed by atoms with Crippen LogP contribution in [0.15, 0.2) is 30.3 Å². The van der Waals surface area contributed by atoms with Crippen LogP contribution < -0.4 is 11.1 Å². The molecule has 0 heterocycles. The Morgan fingerprint density at radius 2 is 1.95 bits per heavy atom. The number of carbonyl (C=O) groups excluding carboxylic acids is 1. The summed E-state index contributed by atoms with van der Waals surface area (Å²) in [6.07, 6.45) is 0. The van der Waals surface area contributed by atoms with Crippen LogP contribution >= 0.6 is 11.6 Å². The summed E-state index contributed by atoms with van der Waals surface area (Å²) in [6, 6.07) is 6.82. The molecule has 3 N–H and O–H groups in total. The summed E-state index contributed by atoms with van der Waals surface area (Å²) in [5.74, 6) is -2.41. The lowest BCUT2D eigenvalue weighted by atomic mass is 10.1. The van der Waals surface area contributed by atoms with E-state index in [1.54, 1.807) is 0 Å². The first kappa shape index (κ1) is 14.3. The van der Waals surface area contributed by atoms with Crippen LogP contribution in [0.1, 0.15) is 15.9 Å². The smallest absolute Gasteiger partial charge is 0.257 e. The highest BCUT2D eigenvalue weighted by Gasteiger charge is 2.17. The molecule has 0 aromatic heterocycles. The minimum Gasteiger partial charge on any atom is -0.397 e. The largest absolute Gasteiger partial charge is 0.397 e. The van der Waals surface area contributed by atoms with Crippen LogP contribution in [-0.4, -0.2) is 5.91 Å². The number of amides is 1. The third-order valence-electron chi connectivity index (χ3n) is 2.82. The van der Waals surface area contributed by atoms with Gasteiger partial charge in [0.25, 0.3) is 5.91 Å². The summed E-state index contributed by atoms with van der Waals surface area (Å²) in [5.41, 5.74) is 5.49. The molecule has 0 radical (unpaired) electrons. The molecular formula is C14H11ClF2N2O. The molecule has 0 atom stereocenters. The number of nitrogens with one attached hydrogen (secondary N) is 1. The zero-order valence-electron chi connectivity index (χ0n) is 10.5. The number of aryl methyl sites for hydroxylation is 1. The minimum atomic E-state index is -0.859. The average molecular weight is 297 g/mol. The molecule has 20 heavy (non-hydrogen) atoms. The quantitative estimate of drug-likeness (QED) is 0.829. The van der Waals surface area contributed by atoms with Crippen molar-refractivity contribution in [2.24, 2.45) is 0 Å². The molecule has 3 nitrogen and oxygen atoms in total. The summed E-state index contributed by atoms with van der Waals surface area (Å²) >= 11 is 5.80. The van der Waals surface area contributed by atoms with Gasteiger partial charge in [-0.25, -0.2) is 8.78 Å². The van der Waals surface area contributed by atoms with Crippen molar-refractivity contribution in [3.05, 3.63) is 58.1 Å². The van der Waals surface area contributed by atoms with Crippen LogP contribution in [0.2, 0.25) is 5.02 Å². The Morgan fingerprint density at radius 1 is 1.25 bits per heavy atom. The van der Waals surface area contributed by atoms with Gasteiger partial charge in [0, 0.05) is 0 Å². The lowest BCUT2D eigenvalue weighted by Gasteiger charge is -2.11. The Hall–Kier alpha value is -2.14. The molecule has 1 amide bonds. The van der Waals surface area contributed by atoms with Gasteiger partial charge in [0.05, 0.1) is 16.3 Å². The van der Waals surface area contributed by atoms with Crippen molar-refractivity contribution >= 4 is 28.9 Å². The van der Waals surface area contributed by atoms with E-state index in [0.717, 1.165) is 6.07 Å². The molecular weight excluding hydrogens is 286 g/mol. The summed E-state index contributed by atoms with van der Waals surface area (Å²) in [5, 5.41) is 2.37. The minimum absolute atomic E-state index is 0.0535. The molecule has 104 valence electrons. The van der Waals surface area contributed by atoms with Gasteiger partial charge in [0.1, 0.15) is 11.5 Å². The van der Waals surface area contributed by atoms with Crippen molar-refractivity contribution in [2.45, 2.75) is 6.92 Å². The third-order valence-corrected chi connectivity index (χ3v) is 3.15. The topological polar surface area (TPSA) is 55.1 Å². The molecule has 6 heteroatoms. The van der Waals surface area contributed by atoms with Gasteiger partial charge in [-0.15, -0.1) is 0 Å². The van der Waals surface area contributed by atoms with Crippen molar-refractivity contribution in [3.8, 4) is 0 Å². The van der Waals surface area contributed by atoms with Crippen LogP contribution in [0.5, 0.6) is 0 Å². The normalized spacial score (nSPS) is 10.4. The number of nitrogen functional groups attached to an aromatic ring is 1. The van der Waals surface area contributed by atoms with Crippen LogP contribution in [0.3, 0.4) is 0 Å². The van der Waals surface area contributed by atoms with Gasteiger partial charge in [-0.05, 0) is 30.7 Å². The number of benzene rings is 2. The maximum atomic E-state index is 13.8. The standard InChI is InChI=1S/C14H11ClF2N2O/c1-7-5-6-10(16)13(11(7)17)19-14(20)8-3-2-4-9(15)12(8)18/h2-6H,18H2,1H3,(H,19,20). The van der Waals surface area contributed by atoms with Crippen molar-refractivity contribution < 1.29 is 13.6 Å². The molecule has 0 aliphatic heterocycles. The van der Waals surface area contributed by atoms with Crippen LogP contribution in [0, 0.1) is 18.6 Å². The predicted molar refractivity (Wildman–Crippen MR) is 74.9 cm³/mol. The highest BCUT2D eigenvalue weighted by Crippen LogP contribution is 2.26. The Balaban J connectivity index is 2.38. The summed E-state index contributed by atoms with van der Waals surface area (Å²) in [4.78, 5) is 12.0. The van der Waals surface area contributed by atoms with Crippen LogP contribution in [-0.2, 0) is 0 Å². The Kier molecular flexibility index (Phi) is 3.90. The Labute approximate surface area is 119 Å². The predicted octanol–water partition coefficient (Wildman–Crippen LogP) is 3.76. The maximum Gasteiger partial charge on any atom is 0.257 e. The third kappa shape index (κ3) is 2.58. The zero-order valence-corrected chi connectivity index (χ0v) is 11.3. The maximum absolute atomic E-state index is 13.8. The number of nitrogens with two attached hydrogens (primary N) is 1. The van der Waals surface area contributed by atoms with Gasteiger partial charge in [0.2, 0.25) is 0 Å². The van der Waals surface area contributed by atoms with E-state index in [9.17, 15) is 13.6 Å². The number of hydrogen-bond acceptors (Lipinski definition) is 2. The summed E-state index contributed by atoms with van der Waals surface area (Å²) in [7, 11) is 0. The molecule has 0 bridgehead atoms. The number of rotatable bonds is 2. The molecule has 0 fully saturated rings. The first-order chi connectivity index (χ1) is 9.41. The average Bonchev–Trinajstić information content (AvgIpc) is 2.42. The first-order valence-corrected chi connectivity index (χ1v) is 6.09. The van der Waals surface area contributed by atoms with E-state index in [1.807, 2.05) is 0 Å². The van der Waals surface area contributed by atoms with Crippen molar-refractivity contribution in [2.75, 3.05) is 11.1 Å². The molecule has 0 saturated heterocycles. The second-order valence-corrected chi connectivity index (χ2v) is 4.62. The fourth-order valence-corrected chi connectivity index (χ4v) is 1.86. The molecule has 0 spiro atoms. The monoisotopic (exact) mass is 296 g/mol. The van der Waals surface area contributed by atoms with Crippen LogP contribution in [0.4, 0.5) is 20.2 Å². The van der Waals surface area contributed by atoms with E-state index in [2.05, 4.69) is 5.32 Å². The van der Waals surface area contributed by atoms with E-state index in [-0.39, 0.29) is 21.8 Å². The van der Waals surface area contributed by atoms with Gasteiger partial charge in [-0.3, -0.25) is 4.79 Å². The molecule has 2 aromatic rings. The molecule has 0 saturated carbocycles. The number of hydrogen-bond donors (Lipinski definition) is 2. The SMILES string of the molecule is Cc1ccc(F)c(NC(=O)c2cccc(Cl)c2N)c1F. The molecule has 0 aliphatic rings. The lowest BCUT2D eigenvalue weighted by molar-refractivity contribution is 0.102. The number of halogens is 3. The molecule has 0 unspecified atom stereocenters. The zero-order chi connectivity index (χ0) is 14.9. The Morgan fingerprint density at radius 3 is 2.65 bits per heavy atom.